The van der Waals surface area contributed by atoms with Crippen molar-refractivity contribution < 1.29 is 9.13 Å². The van der Waals surface area contributed by atoms with E-state index in [1.807, 2.05) is 0 Å². The first-order valence-electron chi connectivity index (χ1n) is 6.25. The number of rotatable bonds is 6. The lowest BCUT2D eigenvalue weighted by atomic mass is 10.1. The molecule has 0 amide bonds. The number of nitrogens with one attached hydrogen (secondary N) is 1. The molecule has 1 unspecified atom stereocenters. The zero-order valence-corrected chi connectivity index (χ0v) is 12.9. The van der Waals surface area contributed by atoms with E-state index in [0.717, 1.165) is 6.54 Å². The third-order valence-electron chi connectivity index (χ3n) is 2.64. The van der Waals surface area contributed by atoms with Gasteiger partial charge in [0, 0.05) is 12.6 Å². The molecule has 1 atom stereocenters. The molecule has 0 aromatic heterocycles. The number of benzene rings is 1. The predicted molar refractivity (Wildman–Crippen MR) is 76.5 cm³/mol. The van der Waals surface area contributed by atoms with Crippen LogP contribution in [-0.4, -0.2) is 18.7 Å². The third kappa shape index (κ3) is 4.94. The molecular weight excluding hydrogens is 297 g/mol. The van der Waals surface area contributed by atoms with Crippen LogP contribution in [-0.2, 0) is 0 Å². The van der Waals surface area contributed by atoms with Gasteiger partial charge in [0.1, 0.15) is 17.7 Å². The van der Waals surface area contributed by atoms with Crippen molar-refractivity contribution in [3.8, 4) is 5.75 Å². The standard InChI is InChI=1S/C14H21BrFNO/c1-9(2)14(8-17-10(3)4)18-13-6-5-11(16)7-12(13)15/h5-7,9-10,14,17H,8H2,1-4H3. The van der Waals surface area contributed by atoms with Gasteiger partial charge in [-0.05, 0) is 40.0 Å². The van der Waals surface area contributed by atoms with E-state index < -0.39 is 0 Å². The zero-order valence-electron chi connectivity index (χ0n) is 11.3. The molecule has 1 aromatic carbocycles. The minimum atomic E-state index is -0.268. The first-order valence-corrected chi connectivity index (χ1v) is 7.04. The maximum Gasteiger partial charge on any atom is 0.134 e. The molecule has 18 heavy (non-hydrogen) atoms. The molecular formula is C14H21BrFNO. The SMILES string of the molecule is CC(C)NCC(Oc1ccc(F)cc1Br)C(C)C. The highest BCUT2D eigenvalue weighted by Crippen LogP contribution is 2.27. The highest BCUT2D eigenvalue weighted by atomic mass is 79.9. The molecule has 1 N–H and O–H groups in total. The molecule has 4 heteroatoms. The second-order valence-electron chi connectivity index (χ2n) is 5.04. The van der Waals surface area contributed by atoms with Crippen molar-refractivity contribution in [2.45, 2.75) is 39.8 Å². The first-order chi connectivity index (χ1) is 8.40. The maximum atomic E-state index is 13.0. The Kier molecular flexibility index (Phi) is 6.09. The Bertz CT molecular complexity index is 382. The Morgan fingerprint density at radius 3 is 2.44 bits per heavy atom. The lowest BCUT2D eigenvalue weighted by molar-refractivity contribution is 0.145. The van der Waals surface area contributed by atoms with E-state index in [-0.39, 0.29) is 11.9 Å². The van der Waals surface area contributed by atoms with Gasteiger partial charge in [-0.2, -0.15) is 0 Å². The number of hydrogen-bond acceptors (Lipinski definition) is 2. The molecule has 0 saturated heterocycles. The minimum Gasteiger partial charge on any atom is -0.488 e. The fourth-order valence-electron chi connectivity index (χ4n) is 1.50. The summed E-state index contributed by atoms with van der Waals surface area (Å²) in [5, 5.41) is 3.36. The first kappa shape index (κ1) is 15.4. The molecule has 0 radical (unpaired) electrons. The van der Waals surface area contributed by atoms with Crippen LogP contribution in [0.15, 0.2) is 22.7 Å². The molecule has 0 heterocycles. The van der Waals surface area contributed by atoms with Gasteiger partial charge in [0.05, 0.1) is 4.47 Å². The molecule has 0 saturated carbocycles. The summed E-state index contributed by atoms with van der Waals surface area (Å²) < 4.78 is 19.6. The average molecular weight is 318 g/mol. The zero-order chi connectivity index (χ0) is 13.7. The average Bonchev–Trinajstić information content (AvgIpc) is 2.26. The van der Waals surface area contributed by atoms with Crippen LogP contribution < -0.4 is 10.1 Å². The summed E-state index contributed by atoms with van der Waals surface area (Å²) >= 11 is 3.32. The molecule has 0 aliphatic carbocycles. The van der Waals surface area contributed by atoms with Gasteiger partial charge in [-0.1, -0.05) is 27.7 Å². The number of ether oxygens (including phenoxy) is 1. The van der Waals surface area contributed by atoms with Gasteiger partial charge in [0.15, 0.2) is 0 Å². The smallest absolute Gasteiger partial charge is 0.134 e. The van der Waals surface area contributed by atoms with E-state index in [2.05, 4.69) is 48.9 Å². The maximum absolute atomic E-state index is 13.0. The molecule has 102 valence electrons. The lowest BCUT2D eigenvalue weighted by Crippen LogP contribution is -2.38. The highest BCUT2D eigenvalue weighted by Gasteiger charge is 2.17. The fourth-order valence-corrected chi connectivity index (χ4v) is 1.94. The van der Waals surface area contributed by atoms with Crippen molar-refractivity contribution in [1.82, 2.24) is 5.32 Å². The van der Waals surface area contributed by atoms with Gasteiger partial charge < -0.3 is 10.1 Å². The van der Waals surface area contributed by atoms with Crippen molar-refractivity contribution in [1.29, 1.82) is 0 Å². The topological polar surface area (TPSA) is 21.3 Å². The monoisotopic (exact) mass is 317 g/mol. The number of halogens is 2. The normalized spacial score (nSPS) is 13.1. The Morgan fingerprint density at radius 2 is 1.94 bits per heavy atom. The van der Waals surface area contributed by atoms with E-state index in [9.17, 15) is 4.39 Å². The summed E-state index contributed by atoms with van der Waals surface area (Å²) in [5.41, 5.74) is 0. The predicted octanol–water partition coefficient (Wildman–Crippen LogP) is 3.99. The summed E-state index contributed by atoms with van der Waals surface area (Å²) in [7, 11) is 0. The third-order valence-corrected chi connectivity index (χ3v) is 3.26. The molecule has 0 fully saturated rings. The largest absolute Gasteiger partial charge is 0.488 e. The van der Waals surface area contributed by atoms with Crippen molar-refractivity contribution in [3.05, 3.63) is 28.5 Å². The molecule has 0 aliphatic heterocycles. The summed E-state index contributed by atoms with van der Waals surface area (Å²) in [6, 6.07) is 4.91. The molecule has 1 rings (SSSR count). The van der Waals surface area contributed by atoms with E-state index in [1.165, 1.54) is 12.1 Å². The minimum absolute atomic E-state index is 0.0640. The van der Waals surface area contributed by atoms with Crippen molar-refractivity contribution in [2.75, 3.05) is 6.54 Å². The van der Waals surface area contributed by atoms with Gasteiger partial charge in [-0.15, -0.1) is 0 Å². The van der Waals surface area contributed by atoms with E-state index in [0.29, 0.717) is 22.2 Å². The van der Waals surface area contributed by atoms with Gasteiger partial charge in [0.25, 0.3) is 0 Å². The Morgan fingerprint density at radius 1 is 1.28 bits per heavy atom. The fraction of sp³-hybridized carbons (Fsp3) is 0.571. The second-order valence-corrected chi connectivity index (χ2v) is 5.89. The van der Waals surface area contributed by atoms with Crippen molar-refractivity contribution >= 4 is 15.9 Å². The summed E-state index contributed by atoms with van der Waals surface area (Å²) in [5.74, 6) is 0.796. The van der Waals surface area contributed by atoms with Crippen LogP contribution in [0.4, 0.5) is 4.39 Å². The van der Waals surface area contributed by atoms with E-state index in [4.69, 9.17) is 4.74 Å². The van der Waals surface area contributed by atoms with Crippen LogP contribution in [0, 0.1) is 11.7 Å². The van der Waals surface area contributed by atoms with Crippen LogP contribution in [0.1, 0.15) is 27.7 Å². The van der Waals surface area contributed by atoms with Crippen LogP contribution >= 0.6 is 15.9 Å². The summed E-state index contributed by atoms with van der Waals surface area (Å²) in [4.78, 5) is 0. The van der Waals surface area contributed by atoms with Crippen LogP contribution in [0.2, 0.25) is 0 Å². The summed E-state index contributed by atoms with van der Waals surface area (Å²) in [6.45, 7) is 9.21. The molecule has 0 aliphatic rings. The molecule has 1 aromatic rings. The Labute approximate surface area is 117 Å². The summed E-state index contributed by atoms with van der Waals surface area (Å²) in [6.07, 6.45) is 0.0640. The van der Waals surface area contributed by atoms with E-state index >= 15 is 0 Å². The second kappa shape index (κ2) is 7.10. The molecule has 0 bridgehead atoms. The lowest BCUT2D eigenvalue weighted by Gasteiger charge is -2.24. The molecule has 2 nitrogen and oxygen atoms in total. The van der Waals surface area contributed by atoms with Gasteiger partial charge in [0.2, 0.25) is 0 Å². The van der Waals surface area contributed by atoms with Crippen LogP contribution in [0.5, 0.6) is 5.75 Å². The van der Waals surface area contributed by atoms with Crippen molar-refractivity contribution in [2.24, 2.45) is 5.92 Å². The Hall–Kier alpha value is -0.610. The Balaban J connectivity index is 2.70. The van der Waals surface area contributed by atoms with Gasteiger partial charge in [-0.25, -0.2) is 4.39 Å². The highest BCUT2D eigenvalue weighted by molar-refractivity contribution is 9.10. The van der Waals surface area contributed by atoms with Gasteiger partial charge >= 0.3 is 0 Å². The van der Waals surface area contributed by atoms with Crippen LogP contribution in [0.3, 0.4) is 0 Å². The van der Waals surface area contributed by atoms with Gasteiger partial charge in [-0.3, -0.25) is 0 Å². The van der Waals surface area contributed by atoms with E-state index in [1.54, 1.807) is 6.07 Å². The number of hydrogen-bond donors (Lipinski definition) is 1. The van der Waals surface area contributed by atoms with Crippen LogP contribution in [0.25, 0.3) is 0 Å². The van der Waals surface area contributed by atoms with Crippen molar-refractivity contribution in [3.63, 3.8) is 0 Å². The molecule has 0 spiro atoms. The quantitative estimate of drug-likeness (QED) is 0.856.